The molecular weight excluding hydrogens is 224 g/mol. The van der Waals surface area contributed by atoms with Crippen LogP contribution in [-0.2, 0) is 4.29 Å². The molecule has 2 aliphatic rings. The van der Waals surface area contributed by atoms with Crippen LogP contribution in [0.2, 0.25) is 0 Å². The number of halogens is 1. The van der Waals surface area contributed by atoms with Gasteiger partial charge in [-0.25, -0.2) is 0 Å². The molecule has 0 amide bonds. The van der Waals surface area contributed by atoms with Crippen molar-refractivity contribution in [3.8, 4) is 6.07 Å². The number of nitrogens with zero attached hydrogens (tertiary/aromatic N) is 1. The quantitative estimate of drug-likeness (QED) is 0.555. The molecule has 0 saturated carbocycles. The van der Waals surface area contributed by atoms with Gasteiger partial charge in [0.25, 0.3) is 5.72 Å². The number of nitrogens with one attached hydrogen (secondary N) is 1. The molecule has 2 fully saturated rings. The summed E-state index contributed by atoms with van der Waals surface area (Å²) in [7, 11) is -4.44. The molecule has 7 heteroatoms. The molecule has 2 saturated heterocycles. The van der Waals surface area contributed by atoms with E-state index in [0.717, 1.165) is 6.42 Å². The van der Waals surface area contributed by atoms with Crippen molar-refractivity contribution in [1.29, 1.82) is 5.26 Å². The smallest absolute Gasteiger partial charge is 0.273 e. The van der Waals surface area contributed by atoms with Gasteiger partial charge in [0.1, 0.15) is 0 Å². The van der Waals surface area contributed by atoms with E-state index < -0.39 is 16.0 Å². The fraction of sp³-hybridized carbons (Fsp3) is 0.875. The molecule has 0 aliphatic carbocycles. The molecule has 0 aromatic rings. The summed E-state index contributed by atoms with van der Waals surface area (Å²) in [5.74, 6) is -0.240. The van der Waals surface area contributed by atoms with Crippen molar-refractivity contribution in [3.05, 3.63) is 0 Å². The highest BCUT2D eigenvalue weighted by molar-refractivity contribution is 5.03. The van der Waals surface area contributed by atoms with Gasteiger partial charge >= 0.3 is 0 Å². The standard InChI is InChI=1S/C8H11ClN2O4/c10-5-6-3-7-1-2-8(4-6,11-7)15-9(12,13)14/h6-7,11H,1-4H2. The monoisotopic (exact) mass is 234 g/mol. The highest BCUT2D eigenvalue weighted by Gasteiger charge is 2.55. The van der Waals surface area contributed by atoms with Crippen LogP contribution in [-0.4, -0.2) is 11.8 Å². The fourth-order valence-corrected chi connectivity index (χ4v) is 3.00. The number of piperidine rings is 1. The zero-order valence-electron chi connectivity index (χ0n) is 7.94. The van der Waals surface area contributed by atoms with E-state index in [1.165, 1.54) is 0 Å². The van der Waals surface area contributed by atoms with Crippen LogP contribution in [0.3, 0.4) is 0 Å². The molecule has 2 heterocycles. The molecule has 0 aromatic carbocycles. The normalized spacial score (nSPS) is 40.1. The molecule has 3 unspecified atom stereocenters. The minimum Gasteiger partial charge on any atom is -0.273 e. The molecule has 1 N–H and O–H groups in total. The maximum Gasteiger partial charge on any atom is 0.277 e. The van der Waals surface area contributed by atoms with Gasteiger partial charge in [0.2, 0.25) is 0 Å². The number of fused-ring (bicyclic) bond motifs is 2. The first-order valence-electron chi connectivity index (χ1n) is 4.71. The van der Waals surface area contributed by atoms with Gasteiger partial charge < -0.3 is 0 Å². The molecule has 2 aliphatic heterocycles. The van der Waals surface area contributed by atoms with E-state index in [9.17, 15) is 14.0 Å². The lowest BCUT2D eigenvalue weighted by Crippen LogP contribution is -2.67. The second kappa shape index (κ2) is 3.56. The summed E-state index contributed by atoms with van der Waals surface area (Å²) in [4.78, 5) is 0. The average molecular weight is 235 g/mol. The van der Waals surface area contributed by atoms with E-state index in [1.807, 2.05) is 0 Å². The largest absolute Gasteiger partial charge is 0.277 e. The number of hydrogen-bond acceptors (Lipinski definition) is 6. The third kappa shape index (κ3) is 2.39. The molecule has 15 heavy (non-hydrogen) atoms. The lowest BCUT2D eigenvalue weighted by molar-refractivity contribution is -1.92. The number of rotatable bonds is 2. The minimum atomic E-state index is -4.44. The number of hydrogen-bond donors (Lipinski definition) is 1. The highest BCUT2D eigenvalue weighted by Crippen LogP contribution is 2.40. The molecule has 2 rings (SSSR count). The van der Waals surface area contributed by atoms with E-state index in [0.29, 0.717) is 12.8 Å². The predicted molar refractivity (Wildman–Crippen MR) is 38.3 cm³/mol. The Morgan fingerprint density at radius 2 is 2.20 bits per heavy atom. The molecular formula is C8H11ClN2O4. The van der Waals surface area contributed by atoms with Crippen LogP contribution in [0.25, 0.3) is 0 Å². The molecule has 2 bridgehead atoms. The summed E-state index contributed by atoms with van der Waals surface area (Å²) in [5, 5.41) is 11.8. The van der Waals surface area contributed by atoms with Crippen molar-refractivity contribution in [3.63, 3.8) is 0 Å². The van der Waals surface area contributed by atoms with E-state index in [2.05, 4.69) is 15.7 Å². The van der Waals surface area contributed by atoms with Crippen LogP contribution in [0, 0.1) is 27.5 Å². The van der Waals surface area contributed by atoms with E-state index in [1.54, 1.807) is 0 Å². The van der Waals surface area contributed by atoms with Crippen LogP contribution in [0.15, 0.2) is 0 Å². The summed E-state index contributed by atoms with van der Waals surface area (Å²) < 4.78 is 36.2. The van der Waals surface area contributed by atoms with Crippen LogP contribution >= 0.6 is 0 Å². The minimum absolute atomic E-state index is 0.0837. The van der Waals surface area contributed by atoms with Gasteiger partial charge in [-0.3, -0.25) is 5.32 Å². The Morgan fingerprint density at radius 3 is 2.80 bits per heavy atom. The Bertz CT molecular complexity index is 300. The first-order valence-corrected chi connectivity index (χ1v) is 5.95. The fourth-order valence-electron chi connectivity index (χ4n) is 2.46. The zero-order chi connectivity index (χ0) is 11.1. The van der Waals surface area contributed by atoms with Gasteiger partial charge in [0, 0.05) is 18.9 Å². The van der Waals surface area contributed by atoms with E-state index in [4.69, 9.17) is 5.26 Å². The van der Waals surface area contributed by atoms with Crippen LogP contribution in [0.5, 0.6) is 0 Å². The Hall–Kier alpha value is -0.420. The summed E-state index contributed by atoms with van der Waals surface area (Å²) in [6, 6.07) is 2.18. The third-order valence-corrected chi connectivity index (χ3v) is 3.42. The van der Waals surface area contributed by atoms with Crippen molar-refractivity contribution in [1.82, 2.24) is 5.32 Å². The summed E-state index contributed by atoms with van der Waals surface area (Å²) in [6.45, 7) is 0. The van der Waals surface area contributed by atoms with Gasteiger partial charge in [0.15, 0.2) is 0 Å². The summed E-state index contributed by atoms with van der Waals surface area (Å²) in [6.07, 6.45) is 2.15. The zero-order valence-corrected chi connectivity index (χ0v) is 8.70. The van der Waals surface area contributed by atoms with Crippen LogP contribution in [0.4, 0.5) is 0 Å². The predicted octanol–water partition coefficient (Wildman–Crippen LogP) is -2.72. The van der Waals surface area contributed by atoms with Crippen molar-refractivity contribution >= 4 is 0 Å². The Kier molecular flexibility index (Phi) is 2.63. The first-order chi connectivity index (χ1) is 6.92. The van der Waals surface area contributed by atoms with E-state index >= 15 is 0 Å². The van der Waals surface area contributed by atoms with E-state index in [-0.39, 0.29) is 18.4 Å². The Balaban J connectivity index is 2.11. The van der Waals surface area contributed by atoms with Crippen LogP contribution in [0.1, 0.15) is 25.7 Å². The topological polar surface area (TPSA) is 114 Å². The summed E-state index contributed by atoms with van der Waals surface area (Å²) >= 11 is 0. The SMILES string of the molecule is N#CC1CC2CCC(O[Cl+3]([O-])([O-])[O-])(C1)N2. The lowest BCUT2D eigenvalue weighted by atomic mass is 9.92. The highest BCUT2D eigenvalue weighted by atomic mass is 35.7. The maximum absolute atomic E-state index is 10.5. The van der Waals surface area contributed by atoms with Gasteiger partial charge in [-0.1, -0.05) is 0 Å². The van der Waals surface area contributed by atoms with Crippen LogP contribution < -0.4 is 19.3 Å². The lowest BCUT2D eigenvalue weighted by Gasteiger charge is -2.32. The maximum atomic E-state index is 10.5. The van der Waals surface area contributed by atoms with Crippen molar-refractivity contribution in [2.75, 3.05) is 0 Å². The summed E-state index contributed by atoms with van der Waals surface area (Å²) in [5.41, 5.74) is -1.13. The number of nitriles is 1. The van der Waals surface area contributed by atoms with Gasteiger partial charge in [-0.15, -0.1) is 0 Å². The molecule has 3 atom stereocenters. The van der Waals surface area contributed by atoms with Gasteiger partial charge in [-0.2, -0.15) is 19.2 Å². The molecule has 0 aromatic heterocycles. The van der Waals surface area contributed by atoms with Gasteiger partial charge in [0.05, 0.1) is 26.5 Å². The first kappa shape index (κ1) is 11.1. The second-order valence-electron chi connectivity index (χ2n) is 4.10. The third-order valence-electron chi connectivity index (χ3n) is 2.93. The Morgan fingerprint density at radius 1 is 1.47 bits per heavy atom. The van der Waals surface area contributed by atoms with Gasteiger partial charge in [-0.05, 0) is 12.8 Å². The van der Waals surface area contributed by atoms with Crippen molar-refractivity contribution < 1.29 is 28.5 Å². The molecule has 0 spiro atoms. The average Bonchev–Trinajstić information content (AvgIpc) is 2.38. The molecule has 0 radical (unpaired) electrons. The molecule has 6 nitrogen and oxygen atoms in total. The second-order valence-corrected chi connectivity index (χ2v) is 5.01. The molecule has 84 valence electrons. The van der Waals surface area contributed by atoms with Crippen molar-refractivity contribution in [2.24, 2.45) is 5.92 Å². The van der Waals surface area contributed by atoms with Crippen molar-refractivity contribution in [2.45, 2.75) is 37.5 Å². The Labute approximate surface area is 89.2 Å².